The topological polar surface area (TPSA) is 48.4 Å². The highest BCUT2D eigenvalue weighted by molar-refractivity contribution is 6.30. The SMILES string of the molecule is COc1cc2ccnc(C(=O)c3ccc(Cl)cc3)c2cc1OC. The summed E-state index contributed by atoms with van der Waals surface area (Å²) in [5.74, 6) is 0.994. The number of pyridine rings is 1. The average Bonchev–Trinajstić information content (AvgIpc) is 2.60. The van der Waals surface area contributed by atoms with E-state index in [4.69, 9.17) is 21.1 Å². The van der Waals surface area contributed by atoms with E-state index in [2.05, 4.69) is 4.98 Å². The summed E-state index contributed by atoms with van der Waals surface area (Å²) in [7, 11) is 3.13. The molecule has 3 aromatic rings. The molecule has 0 saturated heterocycles. The van der Waals surface area contributed by atoms with Crippen molar-refractivity contribution in [1.29, 1.82) is 0 Å². The zero-order valence-electron chi connectivity index (χ0n) is 12.7. The van der Waals surface area contributed by atoms with E-state index >= 15 is 0 Å². The van der Waals surface area contributed by atoms with Crippen LogP contribution in [0.25, 0.3) is 10.8 Å². The van der Waals surface area contributed by atoms with E-state index in [-0.39, 0.29) is 5.78 Å². The van der Waals surface area contributed by atoms with Gasteiger partial charge in [0.25, 0.3) is 0 Å². The third-order valence-corrected chi connectivity index (χ3v) is 3.84. The molecule has 1 heterocycles. The molecule has 116 valence electrons. The number of nitrogens with zero attached hydrogens (tertiary/aromatic N) is 1. The quantitative estimate of drug-likeness (QED) is 0.676. The van der Waals surface area contributed by atoms with Gasteiger partial charge in [-0.2, -0.15) is 0 Å². The summed E-state index contributed by atoms with van der Waals surface area (Å²) >= 11 is 5.87. The molecule has 0 radical (unpaired) electrons. The molecular weight excluding hydrogens is 314 g/mol. The van der Waals surface area contributed by atoms with Gasteiger partial charge >= 0.3 is 0 Å². The number of methoxy groups -OCH3 is 2. The Balaban J connectivity index is 2.17. The van der Waals surface area contributed by atoms with Crippen molar-refractivity contribution < 1.29 is 14.3 Å². The smallest absolute Gasteiger partial charge is 0.211 e. The Morgan fingerprint density at radius 3 is 2.30 bits per heavy atom. The van der Waals surface area contributed by atoms with Crippen molar-refractivity contribution in [2.45, 2.75) is 0 Å². The minimum absolute atomic E-state index is 0.167. The van der Waals surface area contributed by atoms with Gasteiger partial charge in [-0.25, -0.2) is 0 Å². The first kappa shape index (κ1) is 15.3. The molecule has 4 nitrogen and oxygen atoms in total. The molecule has 5 heteroatoms. The first-order valence-electron chi connectivity index (χ1n) is 6.95. The minimum Gasteiger partial charge on any atom is -0.493 e. The van der Waals surface area contributed by atoms with Crippen molar-refractivity contribution in [3.63, 3.8) is 0 Å². The van der Waals surface area contributed by atoms with Gasteiger partial charge in [0.1, 0.15) is 5.69 Å². The van der Waals surface area contributed by atoms with E-state index in [1.807, 2.05) is 12.1 Å². The lowest BCUT2D eigenvalue weighted by Crippen LogP contribution is -2.05. The Morgan fingerprint density at radius 2 is 1.65 bits per heavy atom. The van der Waals surface area contributed by atoms with Gasteiger partial charge in [-0.05, 0) is 47.9 Å². The molecule has 3 rings (SSSR count). The first-order chi connectivity index (χ1) is 11.1. The molecule has 0 spiro atoms. The van der Waals surface area contributed by atoms with Crippen LogP contribution in [0.3, 0.4) is 0 Å². The fraction of sp³-hybridized carbons (Fsp3) is 0.111. The summed E-state index contributed by atoms with van der Waals surface area (Å²) < 4.78 is 10.6. The third-order valence-electron chi connectivity index (χ3n) is 3.59. The van der Waals surface area contributed by atoms with Gasteiger partial charge in [-0.15, -0.1) is 0 Å². The molecule has 0 unspecified atom stereocenters. The maximum atomic E-state index is 12.7. The Hall–Kier alpha value is -2.59. The fourth-order valence-electron chi connectivity index (χ4n) is 2.42. The zero-order chi connectivity index (χ0) is 16.4. The Morgan fingerprint density at radius 1 is 1.00 bits per heavy atom. The van der Waals surface area contributed by atoms with Crippen molar-refractivity contribution in [3.8, 4) is 11.5 Å². The summed E-state index contributed by atoms with van der Waals surface area (Å²) in [6.07, 6.45) is 1.61. The van der Waals surface area contributed by atoms with Gasteiger partial charge in [-0.1, -0.05) is 11.6 Å². The van der Waals surface area contributed by atoms with Gasteiger partial charge in [0.2, 0.25) is 5.78 Å². The van der Waals surface area contributed by atoms with Crippen LogP contribution in [0.5, 0.6) is 11.5 Å². The van der Waals surface area contributed by atoms with Gasteiger partial charge in [0.15, 0.2) is 11.5 Å². The van der Waals surface area contributed by atoms with Crippen LogP contribution in [0, 0.1) is 0 Å². The lowest BCUT2D eigenvalue weighted by atomic mass is 10.0. The standard InChI is InChI=1S/C18H14ClNO3/c1-22-15-9-12-7-8-20-17(14(12)10-16(15)23-2)18(21)11-3-5-13(19)6-4-11/h3-10H,1-2H3. The Kier molecular flexibility index (Phi) is 4.17. The fourth-order valence-corrected chi connectivity index (χ4v) is 2.54. The molecule has 2 aromatic carbocycles. The van der Waals surface area contributed by atoms with Crippen LogP contribution in [0.15, 0.2) is 48.7 Å². The number of carbonyl (C=O) groups excluding carboxylic acids is 1. The molecule has 23 heavy (non-hydrogen) atoms. The molecule has 0 aliphatic heterocycles. The lowest BCUT2D eigenvalue weighted by molar-refractivity contribution is 0.103. The Bertz CT molecular complexity index is 875. The highest BCUT2D eigenvalue weighted by atomic mass is 35.5. The van der Waals surface area contributed by atoms with Gasteiger partial charge in [0.05, 0.1) is 14.2 Å². The zero-order valence-corrected chi connectivity index (χ0v) is 13.4. The highest BCUT2D eigenvalue weighted by Crippen LogP contribution is 2.33. The van der Waals surface area contributed by atoms with Crippen molar-refractivity contribution in [2.75, 3.05) is 14.2 Å². The van der Waals surface area contributed by atoms with Crippen LogP contribution < -0.4 is 9.47 Å². The molecule has 1 aromatic heterocycles. The largest absolute Gasteiger partial charge is 0.493 e. The number of ether oxygens (including phenoxy) is 2. The second-order valence-corrected chi connectivity index (χ2v) is 5.36. The average molecular weight is 328 g/mol. The maximum absolute atomic E-state index is 12.7. The molecule has 0 amide bonds. The van der Waals surface area contributed by atoms with Crippen LogP contribution in [-0.4, -0.2) is 25.0 Å². The first-order valence-corrected chi connectivity index (χ1v) is 7.33. The summed E-state index contributed by atoms with van der Waals surface area (Å²) in [5, 5.41) is 2.15. The number of halogens is 1. The van der Waals surface area contributed by atoms with Crippen molar-refractivity contribution in [3.05, 3.63) is 64.9 Å². The van der Waals surface area contributed by atoms with Gasteiger partial charge in [-0.3, -0.25) is 9.78 Å². The van der Waals surface area contributed by atoms with E-state index < -0.39 is 0 Å². The molecule has 0 N–H and O–H groups in total. The van der Waals surface area contributed by atoms with Crippen LogP contribution in [0.2, 0.25) is 5.02 Å². The number of ketones is 1. The number of rotatable bonds is 4. The third kappa shape index (κ3) is 2.85. The molecule has 0 saturated carbocycles. The maximum Gasteiger partial charge on any atom is 0.211 e. The van der Waals surface area contributed by atoms with E-state index in [1.165, 1.54) is 0 Å². The summed E-state index contributed by atoms with van der Waals surface area (Å²) in [5.41, 5.74) is 0.898. The molecule has 0 aliphatic carbocycles. The van der Waals surface area contributed by atoms with Crippen LogP contribution >= 0.6 is 11.6 Å². The van der Waals surface area contributed by atoms with E-state index in [1.54, 1.807) is 50.7 Å². The number of hydrogen-bond acceptors (Lipinski definition) is 4. The van der Waals surface area contributed by atoms with E-state index in [0.717, 1.165) is 5.39 Å². The number of fused-ring (bicyclic) bond motifs is 1. The summed E-state index contributed by atoms with van der Waals surface area (Å²) in [4.78, 5) is 17.0. The molecular formula is C18H14ClNO3. The molecule has 0 aliphatic rings. The van der Waals surface area contributed by atoms with Crippen molar-refractivity contribution in [2.24, 2.45) is 0 Å². The van der Waals surface area contributed by atoms with Gasteiger partial charge < -0.3 is 9.47 Å². The second kappa shape index (κ2) is 6.26. The molecule has 0 fully saturated rings. The van der Waals surface area contributed by atoms with E-state index in [9.17, 15) is 4.79 Å². The van der Waals surface area contributed by atoms with Gasteiger partial charge in [0, 0.05) is 22.2 Å². The van der Waals surface area contributed by atoms with Crippen molar-refractivity contribution in [1.82, 2.24) is 4.98 Å². The monoisotopic (exact) mass is 327 g/mol. The van der Waals surface area contributed by atoms with Crippen LogP contribution in [0.4, 0.5) is 0 Å². The predicted octanol–water partition coefficient (Wildman–Crippen LogP) is 4.14. The molecule has 0 atom stereocenters. The number of benzene rings is 2. The highest BCUT2D eigenvalue weighted by Gasteiger charge is 2.16. The van der Waals surface area contributed by atoms with Crippen molar-refractivity contribution >= 4 is 28.2 Å². The number of hydrogen-bond donors (Lipinski definition) is 0. The predicted molar refractivity (Wildman–Crippen MR) is 89.7 cm³/mol. The second-order valence-electron chi connectivity index (χ2n) is 4.92. The molecule has 0 bridgehead atoms. The minimum atomic E-state index is -0.167. The van der Waals surface area contributed by atoms with Crippen LogP contribution in [0.1, 0.15) is 16.1 Å². The van der Waals surface area contributed by atoms with E-state index in [0.29, 0.717) is 33.2 Å². The number of aromatic nitrogens is 1. The normalized spacial score (nSPS) is 10.6. The summed E-state index contributed by atoms with van der Waals surface area (Å²) in [6, 6.07) is 12.2. The van der Waals surface area contributed by atoms with Crippen LogP contribution in [-0.2, 0) is 0 Å². The Labute approximate surface area is 138 Å². The summed E-state index contributed by atoms with van der Waals surface area (Å²) in [6.45, 7) is 0. The lowest BCUT2D eigenvalue weighted by Gasteiger charge is -2.11. The number of carbonyl (C=O) groups is 1.